The number of methoxy groups -OCH3 is 1. The number of hydrogen-bond acceptors (Lipinski definition) is 14. The molecule has 2 saturated heterocycles. The number of benzene rings is 1. The number of nitrogens with one attached hydrogen (secondary N) is 2. The van der Waals surface area contributed by atoms with Crippen molar-refractivity contribution in [1.82, 2.24) is 34.7 Å². The number of hydrogen-bond donors (Lipinski definition) is 2. The van der Waals surface area contributed by atoms with Crippen molar-refractivity contribution in [3.05, 3.63) is 47.6 Å². The molecule has 0 aliphatic carbocycles. The van der Waals surface area contributed by atoms with Crippen LogP contribution < -0.4 is 24.6 Å². The second kappa shape index (κ2) is 14.2. The van der Waals surface area contributed by atoms with Gasteiger partial charge in [-0.3, -0.25) is 14.9 Å². The van der Waals surface area contributed by atoms with E-state index in [0.29, 0.717) is 23.7 Å². The summed E-state index contributed by atoms with van der Waals surface area (Å²) < 4.78 is 7.95. The van der Waals surface area contributed by atoms with Crippen molar-refractivity contribution < 1.29 is 4.74 Å². The molecule has 0 spiro atoms. The average Bonchev–Trinajstić information content (AvgIpc) is 3.60. The quantitative estimate of drug-likeness (QED) is 0.168. The Morgan fingerprint density at radius 2 is 1.77 bits per heavy atom. The topological polar surface area (TPSA) is 111 Å². The van der Waals surface area contributed by atoms with Gasteiger partial charge >= 0.3 is 0 Å². The summed E-state index contributed by atoms with van der Waals surface area (Å²) in [4.78, 5) is 32.5. The molecule has 0 radical (unpaired) electrons. The Labute approximate surface area is 290 Å². The molecule has 14 heteroatoms. The van der Waals surface area contributed by atoms with Crippen LogP contribution in [-0.2, 0) is 6.42 Å². The lowest BCUT2D eigenvalue weighted by Crippen LogP contribution is -2.52. The lowest BCUT2D eigenvalue weighted by Gasteiger charge is -2.42. The molecule has 2 N–H and O–H groups in total. The largest absolute Gasteiger partial charge is 0.479 e. The highest BCUT2D eigenvalue weighted by Crippen LogP contribution is 2.39. The summed E-state index contributed by atoms with van der Waals surface area (Å²) in [5, 5.41) is 10.0. The number of fused-ring (bicyclic) bond motifs is 2. The molecule has 48 heavy (non-hydrogen) atoms. The van der Waals surface area contributed by atoms with Gasteiger partial charge in [-0.25, -0.2) is 4.98 Å². The molecule has 252 valence electrons. The van der Waals surface area contributed by atoms with E-state index >= 15 is 0 Å². The summed E-state index contributed by atoms with van der Waals surface area (Å²) in [5.41, 5.74) is 5.39. The van der Waals surface area contributed by atoms with E-state index in [1.165, 1.54) is 5.56 Å². The first-order chi connectivity index (χ1) is 23.4. The van der Waals surface area contributed by atoms with Gasteiger partial charge in [0, 0.05) is 71.0 Å². The first kappa shape index (κ1) is 32.6. The lowest BCUT2D eigenvalue weighted by atomic mass is 10.0. The van der Waals surface area contributed by atoms with E-state index in [4.69, 9.17) is 19.7 Å². The van der Waals surface area contributed by atoms with Gasteiger partial charge in [0.25, 0.3) is 0 Å². The highest BCUT2D eigenvalue weighted by Gasteiger charge is 2.29. The molecule has 5 aromatic rings. The van der Waals surface area contributed by atoms with E-state index in [1.54, 1.807) is 42.8 Å². The maximum Gasteiger partial charge on any atom is 0.239 e. The molecule has 2 fully saturated rings. The molecule has 0 amide bonds. The van der Waals surface area contributed by atoms with Crippen LogP contribution in [0.3, 0.4) is 0 Å². The van der Waals surface area contributed by atoms with Gasteiger partial charge in [-0.05, 0) is 61.5 Å². The monoisotopic (exact) mass is 685 g/mol. The number of piperazine rings is 1. The minimum atomic E-state index is 0.468. The molecule has 7 rings (SSSR count). The zero-order valence-electron chi connectivity index (χ0n) is 28.2. The number of piperidine rings is 1. The van der Waals surface area contributed by atoms with Crippen molar-refractivity contribution >= 4 is 79.2 Å². The van der Waals surface area contributed by atoms with Crippen molar-refractivity contribution in [2.75, 3.05) is 86.6 Å². The standard InChI is InChI=1S/C34H43N11OS2/c1-6-22-21-27(32(46-4)40-31(22)45-14-9-23(10-15-45)44-18-16-42(2)17-19-44)38-34-39-30(24-11-20-48-33(24)41-34)37-26-8-7-25-28(36-13-12-35-25)29(26)43(3)47-5/h7-8,11-13,20-21,23H,6,9-10,14-19H2,1-5H3,(H2,37,38,39,41). The summed E-state index contributed by atoms with van der Waals surface area (Å²) in [7, 11) is 5.91. The van der Waals surface area contributed by atoms with Gasteiger partial charge in [0.2, 0.25) is 11.8 Å². The van der Waals surface area contributed by atoms with Crippen LogP contribution in [0.4, 0.5) is 34.6 Å². The first-order valence-electron chi connectivity index (χ1n) is 16.5. The van der Waals surface area contributed by atoms with Gasteiger partial charge < -0.3 is 29.5 Å². The van der Waals surface area contributed by atoms with Gasteiger partial charge in [0.1, 0.15) is 27.7 Å². The van der Waals surface area contributed by atoms with Crippen LogP contribution in [-0.4, -0.2) is 107 Å². The van der Waals surface area contributed by atoms with E-state index < -0.39 is 0 Å². The normalized spacial score (nSPS) is 16.5. The Morgan fingerprint density at radius 1 is 0.979 bits per heavy atom. The van der Waals surface area contributed by atoms with Crippen LogP contribution in [0.2, 0.25) is 0 Å². The average molecular weight is 686 g/mol. The van der Waals surface area contributed by atoms with Crippen LogP contribution in [0, 0.1) is 0 Å². The van der Waals surface area contributed by atoms with Crippen LogP contribution in [0.15, 0.2) is 42.0 Å². The van der Waals surface area contributed by atoms with Gasteiger partial charge in [-0.1, -0.05) is 18.9 Å². The zero-order valence-corrected chi connectivity index (χ0v) is 29.9. The molecule has 0 atom stereocenters. The Hall–Kier alpha value is -3.98. The second-order valence-electron chi connectivity index (χ2n) is 12.3. The SMILES string of the molecule is CCc1cc(Nc2nc(Nc3ccc4nccnc4c3N(C)SC)c3ccsc3n2)c(OC)nc1N1CCC(N2CCN(C)CC2)CC1. The highest BCUT2D eigenvalue weighted by molar-refractivity contribution is 7.99. The minimum absolute atomic E-state index is 0.468. The number of anilines is 6. The molecular weight excluding hydrogens is 643 g/mol. The molecule has 1 aromatic carbocycles. The second-order valence-corrected chi connectivity index (χ2v) is 14.1. The van der Waals surface area contributed by atoms with Gasteiger partial charge in [0.05, 0.1) is 29.4 Å². The fourth-order valence-corrected chi connectivity index (χ4v) is 7.86. The predicted octanol–water partition coefficient (Wildman–Crippen LogP) is 6.02. The smallest absolute Gasteiger partial charge is 0.239 e. The van der Waals surface area contributed by atoms with Crippen molar-refractivity contribution in [2.45, 2.75) is 32.2 Å². The van der Waals surface area contributed by atoms with Crippen molar-refractivity contribution in [3.8, 4) is 5.88 Å². The van der Waals surface area contributed by atoms with E-state index in [1.807, 2.05) is 36.9 Å². The molecule has 0 unspecified atom stereocenters. The number of pyridine rings is 1. The Kier molecular flexibility index (Phi) is 9.66. The van der Waals surface area contributed by atoms with Crippen LogP contribution in [0.1, 0.15) is 25.3 Å². The summed E-state index contributed by atoms with van der Waals surface area (Å²) in [6.07, 6.45) is 8.64. The van der Waals surface area contributed by atoms with E-state index in [0.717, 1.165) is 103 Å². The van der Waals surface area contributed by atoms with E-state index in [-0.39, 0.29) is 0 Å². The molecular formula is C34H43N11OS2. The summed E-state index contributed by atoms with van der Waals surface area (Å²) in [5.74, 6) is 2.71. The lowest BCUT2D eigenvalue weighted by molar-refractivity contribution is 0.0981. The van der Waals surface area contributed by atoms with E-state index in [9.17, 15) is 0 Å². The number of thiophene rings is 1. The van der Waals surface area contributed by atoms with Gasteiger partial charge in [-0.2, -0.15) is 9.97 Å². The van der Waals surface area contributed by atoms with E-state index in [2.05, 4.69) is 59.6 Å². The third kappa shape index (κ3) is 6.53. The Balaban J connectivity index is 1.16. The molecule has 0 saturated carbocycles. The van der Waals surface area contributed by atoms with Gasteiger partial charge in [0.15, 0.2) is 0 Å². The zero-order chi connectivity index (χ0) is 33.2. The molecule has 6 heterocycles. The number of rotatable bonds is 10. The summed E-state index contributed by atoms with van der Waals surface area (Å²) >= 11 is 3.18. The number of nitrogens with zero attached hydrogens (tertiary/aromatic N) is 9. The Morgan fingerprint density at radius 3 is 2.52 bits per heavy atom. The molecule has 0 bridgehead atoms. The van der Waals surface area contributed by atoms with Crippen molar-refractivity contribution in [3.63, 3.8) is 0 Å². The predicted molar refractivity (Wildman–Crippen MR) is 200 cm³/mol. The fraction of sp³-hybridized carbons (Fsp3) is 0.441. The molecule has 4 aromatic heterocycles. The number of likely N-dealkylation sites (N-methyl/N-ethyl adjacent to an activating group) is 1. The third-order valence-electron chi connectivity index (χ3n) is 9.46. The maximum absolute atomic E-state index is 5.87. The highest BCUT2D eigenvalue weighted by atomic mass is 32.2. The van der Waals surface area contributed by atoms with Crippen LogP contribution in [0.25, 0.3) is 21.3 Å². The van der Waals surface area contributed by atoms with Crippen LogP contribution in [0.5, 0.6) is 5.88 Å². The van der Waals surface area contributed by atoms with Crippen LogP contribution >= 0.6 is 23.3 Å². The number of aryl methyl sites for hydroxylation is 1. The van der Waals surface area contributed by atoms with Crippen molar-refractivity contribution in [2.24, 2.45) is 0 Å². The number of aromatic nitrogens is 5. The Bertz CT molecular complexity index is 1890. The molecule has 2 aliphatic rings. The molecule has 2 aliphatic heterocycles. The fourth-order valence-electron chi connectivity index (χ4n) is 6.73. The first-order valence-corrected chi connectivity index (χ1v) is 18.6. The number of ether oxygens (including phenoxy) is 1. The third-order valence-corrected chi connectivity index (χ3v) is 11.0. The maximum atomic E-state index is 5.87. The molecule has 12 nitrogen and oxygen atoms in total. The van der Waals surface area contributed by atoms with Gasteiger partial charge in [-0.15, -0.1) is 11.3 Å². The minimum Gasteiger partial charge on any atom is -0.479 e. The summed E-state index contributed by atoms with van der Waals surface area (Å²) in [6.45, 7) is 8.81. The van der Waals surface area contributed by atoms with Crippen molar-refractivity contribution in [1.29, 1.82) is 0 Å². The summed E-state index contributed by atoms with van der Waals surface area (Å²) in [6, 6.07) is 8.85.